The zero-order valence-electron chi connectivity index (χ0n) is 10.4. The highest BCUT2D eigenvalue weighted by molar-refractivity contribution is 6.30. The van der Waals surface area contributed by atoms with E-state index in [1.807, 2.05) is 4.90 Å². The maximum absolute atomic E-state index is 11.9. The molecule has 0 spiro atoms. The fraction of sp³-hybridized carbons (Fsp3) is 0.462. The van der Waals surface area contributed by atoms with Gasteiger partial charge in [-0.25, -0.2) is 0 Å². The molecule has 1 aromatic rings. The van der Waals surface area contributed by atoms with E-state index in [1.54, 1.807) is 24.3 Å². The SMILES string of the molecule is CN1CCN(C(=O)COc2cccc(Cl)c2)CC1. The second-order valence-corrected chi connectivity index (χ2v) is 4.87. The molecular formula is C13H17ClN2O2. The number of nitrogens with zero attached hydrogens (tertiary/aromatic N) is 2. The van der Waals surface area contributed by atoms with Gasteiger partial charge in [0.05, 0.1) is 0 Å². The van der Waals surface area contributed by atoms with E-state index in [0.717, 1.165) is 26.2 Å². The maximum atomic E-state index is 11.9. The monoisotopic (exact) mass is 268 g/mol. The molecule has 1 aliphatic heterocycles. The number of halogens is 1. The average Bonchev–Trinajstić information content (AvgIpc) is 2.37. The standard InChI is InChI=1S/C13H17ClN2O2/c1-15-5-7-16(8-6-15)13(17)10-18-12-4-2-3-11(14)9-12/h2-4,9H,5-8,10H2,1H3. The molecule has 1 heterocycles. The van der Waals surface area contributed by atoms with Gasteiger partial charge in [-0.2, -0.15) is 0 Å². The fourth-order valence-electron chi connectivity index (χ4n) is 1.85. The molecule has 1 amide bonds. The van der Waals surface area contributed by atoms with Crippen molar-refractivity contribution in [2.24, 2.45) is 0 Å². The molecule has 18 heavy (non-hydrogen) atoms. The van der Waals surface area contributed by atoms with E-state index in [1.165, 1.54) is 0 Å². The van der Waals surface area contributed by atoms with Gasteiger partial charge in [0.15, 0.2) is 6.61 Å². The topological polar surface area (TPSA) is 32.8 Å². The number of rotatable bonds is 3. The summed E-state index contributed by atoms with van der Waals surface area (Å²) in [6.07, 6.45) is 0. The van der Waals surface area contributed by atoms with E-state index in [9.17, 15) is 4.79 Å². The Kier molecular flexibility index (Phi) is 4.44. The second-order valence-electron chi connectivity index (χ2n) is 4.43. The minimum atomic E-state index is 0.0306. The van der Waals surface area contributed by atoms with Crippen molar-refractivity contribution < 1.29 is 9.53 Å². The van der Waals surface area contributed by atoms with E-state index >= 15 is 0 Å². The van der Waals surface area contributed by atoms with Crippen molar-refractivity contribution in [3.05, 3.63) is 29.3 Å². The van der Waals surface area contributed by atoms with Crippen LogP contribution in [0.4, 0.5) is 0 Å². The number of piperazine rings is 1. The lowest BCUT2D eigenvalue weighted by molar-refractivity contribution is -0.134. The van der Waals surface area contributed by atoms with Crippen molar-refractivity contribution in [3.8, 4) is 5.75 Å². The number of likely N-dealkylation sites (N-methyl/N-ethyl adjacent to an activating group) is 1. The van der Waals surface area contributed by atoms with E-state index in [0.29, 0.717) is 10.8 Å². The third-order valence-electron chi connectivity index (χ3n) is 3.01. The molecule has 0 bridgehead atoms. The Morgan fingerprint density at radius 2 is 2.06 bits per heavy atom. The number of amides is 1. The lowest BCUT2D eigenvalue weighted by Crippen LogP contribution is -2.48. The summed E-state index contributed by atoms with van der Waals surface area (Å²) in [5.74, 6) is 0.660. The molecule has 0 unspecified atom stereocenters. The Bertz CT molecular complexity index is 417. The van der Waals surface area contributed by atoms with Crippen LogP contribution in [0.1, 0.15) is 0 Å². The number of carbonyl (C=O) groups is 1. The molecule has 0 radical (unpaired) electrons. The van der Waals surface area contributed by atoms with Crippen LogP contribution in [0.5, 0.6) is 5.75 Å². The fourth-order valence-corrected chi connectivity index (χ4v) is 2.03. The lowest BCUT2D eigenvalue weighted by atomic mass is 10.3. The molecule has 0 aromatic heterocycles. The minimum absolute atomic E-state index is 0.0306. The van der Waals surface area contributed by atoms with Crippen LogP contribution >= 0.6 is 11.6 Å². The molecule has 2 rings (SSSR count). The summed E-state index contributed by atoms with van der Waals surface area (Å²) in [6.45, 7) is 3.46. The van der Waals surface area contributed by atoms with Crippen LogP contribution in [-0.2, 0) is 4.79 Å². The Labute approximate surface area is 112 Å². The summed E-state index contributed by atoms with van der Waals surface area (Å²) in [5.41, 5.74) is 0. The molecule has 1 saturated heterocycles. The first-order valence-corrected chi connectivity index (χ1v) is 6.37. The van der Waals surface area contributed by atoms with Gasteiger partial charge < -0.3 is 14.5 Å². The van der Waals surface area contributed by atoms with Gasteiger partial charge >= 0.3 is 0 Å². The second kappa shape index (κ2) is 6.07. The van der Waals surface area contributed by atoms with Gasteiger partial charge in [-0.15, -0.1) is 0 Å². The summed E-state index contributed by atoms with van der Waals surface area (Å²) in [6, 6.07) is 7.08. The molecule has 1 aliphatic rings. The summed E-state index contributed by atoms with van der Waals surface area (Å²) in [5, 5.41) is 0.611. The van der Waals surface area contributed by atoms with Crippen LogP contribution in [0, 0.1) is 0 Å². The third-order valence-corrected chi connectivity index (χ3v) is 3.25. The predicted octanol–water partition coefficient (Wildman–Crippen LogP) is 1.49. The quantitative estimate of drug-likeness (QED) is 0.833. The number of hydrogen-bond acceptors (Lipinski definition) is 3. The van der Waals surface area contributed by atoms with Gasteiger partial charge in [-0.1, -0.05) is 17.7 Å². The highest BCUT2D eigenvalue weighted by Crippen LogP contribution is 2.17. The molecular weight excluding hydrogens is 252 g/mol. The van der Waals surface area contributed by atoms with E-state index in [4.69, 9.17) is 16.3 Å². The summed E-state index contributed by atoms with van der Waals surface area (Å²) in [7, 11) is 2.06. The van der Waals surface area contributed by atoms with Crippen molar-refractivity contribution in [2.45, 2.75) is 0 Å². The molecule has 0 aliphatic carbocycles. The number of carbonyl (C=O) groups excluding carboxylic acids is 1. The first-order valence-electron chi connectivity index (χ1n) is 6.00. The Hall–Kier alpha value is -1.26. The molecule has 1 aromatic carbocycles. The molecule has 4 nitrogen and oxygen atoms in total. The predicted molar refractivity (Wildman–Crippen MR) is 71.0 cm³/mol. The van der Waals surface area contributed by atoms with Crippen LogP contribution in [0.25, 0.3) is 0 Å². The third kappa shape index (κ3) is 3.62. The van der Waals surface area contributed by atoms with Crippen LogP contribution < -0.4 is 4.74 Å². The first-order chi connectivity index (χ1) is 8.65. The maximum Gasteiger partial charge on any atom is 0.260 e. The average molecular weight is 269 g/mol. The van der Waals surface area contributed by atoms with Crippen molar-refractivity contribution in [1.29, 1.82) is 0 Å². The van der Waals surface area contributed by atoms with Gasteiger partial charge in [-0.3, -0.25) is 4.79 Å². The number of ether oxygens (including phenoxy) is 1. The van der Waals surface area contributed by atoms with E-state index < -0.39 is 0 Å². The molecule has 1 fully saturated rings. The first kappa shape index (κ1) is 13.2. The Balaban J connectivity index is 1.81. The lowest BCUT2D eigenvalue weighted by Gasteiger charge is -2.32. The molecule has 0 saturated carbocycles. The van der Waals surface area contributed by atoms with E-state index in [2.05, 4.69) is 11.9 Å². The highest BCUT2D eigenvalue weighted by Gasteiger charge is 2.19. The normalized spacial score (nSPS) is 16.7. The van der Waals surface area contributed by atoms with Crippen molar-refractivity contribution >= 4 is 17.5 Å². The summed E-state index contributed by atoms with van der Waals surface area (Å²) in [4.78, 5) is 16.0. The zero-order chi connectivity index (χ0) is 13.0. The number of benzene rings is 1. The molecule has 98 valence electrons. The van der Waals surface area contributed by atoms with Gasteiger partial charge in [0.25, 0.3) is 5.91 Å². The zero-order valence-corrected chi connectivity index (χ0v) is 11.2. The van der Waals surface area contributed by atoms with Gasteiger partial charge in [-0.05, 0) is 25.2 Å². The largest absolute Gasteiger partial charge is 0.484 e. The van der Waals surface area contributed by atoms with Gasteiger partial charge in [0.2, 0.25) is 0 Å². The van der Waals surface area contributed by atoms with Crippen LogP contribution in [0.3, 0.4) is 0 Å². The van der Waals surface area contributed by atoms with Crippen molar-refractivity contribution in [3.63, 3.8) is 0 Å². The van der Waals surface area contributed by atoms with Gasteiger partial charge in [0, 0.05) is 31.2 Å². The Morgan fingerprint density at radius 1 is 1.33 bits per heavy atom. The molecule has 0 atom stereocenters. The molecule has 5 heteroatoms. The number of hydrogen-bond donors (Lipinski definition) is 0. The van der Waals surface area contributed by atoms with Crippen LogP contribution in [0.15, 0.2) is 24.3 Å². The summed E-state index contributed by atoms with van der Waals surface area (Å²) >= 11 is 5.84. The Morgan fingerprint density at radius 3 is 2.72 bits per heavy atom. The van der Waals surface area contributed by atoms with E-state index in [-0.39, 0.29) is 12.5 Å². The minimum Gasteiger partial charge on any atom is -0.484 e. The smallest absolute Gasteiger partial charge is 0.260 e. The van der Waals surface area contributed by atoms with Crippen LogP contribution in [-0.4, -0.2) is 55.5 Å². The highest BCUT2D eigenvalue weighted by atomic mass is 35.5. The van der Waals surface area contributed by atoms with Crippen molar-refractivity contribution in [1.82, 2.24) is 9.80 Å². The van der Waals surface area contributed by atoms with Crippen LogP contribution in [0.2, 0.25) is 5.02 Å². The molecule has 0 N–H and O–H groups in total. The van der Waals surface area contributed by atoms with Crippen molar-refractivity contribution in [2.75, 3.05) is 39.8 Å². The van der Waals surface area contributed by atoms with Gasteiger partial charge in [0.1, 0.15) is 5.75 Å². The summed E-state index contributed by atoms with van der Waals surface area (Å²) < 4.78 is 5.44.